The zero-order chi connectivity index (χ0) is 13.0. The second-order valence-electron chi connectivity index (χ2n) is 3.63. The van der Waals surface area contributed by atoms with Gasteiger partial charge in [-0.3, -0.25) is 0 Å². The van der Waals surface area contributed by atoms with Crippen LogP contribution in [0.1, 0.15) is 0 Å². The maximum atomic E-state index is 5.78. The molecule has 0 bridgehead atoms. The summed E-state index contributed by atoms with van der Waals surface area (Å²) < 4.78 is 10.5. The molecule has 0 spiro atoms. The Bertz CT molecular complexity index is 544. The molecule has 2 rings (SSSR count). The van der Waals surface area contributed by atoms with Gasteiger partial charge >= 0.3 is 0 Å². The lowest BCUT2D eigenvalue weighted by atomic mass is 10.2. The van der Waals surface area contributed by atoms with Crippen molar-refractivity contribution >= 4 is 17.2 Å². The van der Waals surface area contributed by atoms with Gasteiger partial charge < -0.3 is 20.5 Å². The molecule has 1 heterocycles. The maximum Gasteiger partial charge on any atom is 0.147 e. The van der Waals surface area contributed by atoms with E-state index >= 15 is 0 Å². The third-order valence-electron chi connectivity index (χ3n) is 2.51. The number of hydrogen-bond acceptors (Lipinski definition) is 5. The van der Waals surface area contributed by atoms with Gasteiger partial charge in [0.1, 0.15) is 17.3 Å². The van der Waals surface area contributed by atoms with Gasteiger partial charge in [0.25, 0.3) is 0 Å². The summed E-state index contributed by atoms with van der Waals surface area (Å²) in [5.41, 5.74) is 7.29. The lowest BCUT2D eigenvalue weighted by Gasteiger charge is -2.13. The van der Waals surface area contributed by atoms with Crippen LogP contribution in [0.2, 0.25) is 0 Å². The zero-order valence-electron chi connectivity index (χ0n) is 10.3. The lowest BCUT2D eigenvalue weighted by molar-refractivity contribution is 0.405. The fourth-order valence-corrected chi connectivity index (χ4v) is 1.58. The van der Waals surface area contributed by atoms with E-state index in [-0.39, 0.29) is 0 Å². The van der Waals surface area contributed by atoms with Crippen molar-refractivity contribution in [1.82, 2.24) is 4.98 Å². The van der Waals surface area contributed by atoms with Crippen LogP contribution >= 0.6 is 0 Å². The molecule has 0 amide bonds. The smallest absolute Gasteiger partial charge is 0.147 e. The number of hydrogen-bond donors (Lipinski definition) is 2. The Balaban J connectivity index is 2.35. The van der Waals surface area contributed by atoms with Crippen molar-refractivity contribution in [2.45, 2.75) is 0 Å². The molecule has 0 radical (unpaired) electrons. The number of nitrogen functional groups attached to an aromatic ring is 1. The number of ether oxygens (including phenoxy) is 2. The molecule has 1 aromatic carbocycles. The van der Waals surface area contributed by atoms with E-state index < -0.39 is 0 Å². The average Bonchev–Trinajstić information content (AvgIpc) is 2.41. The maximum absolute atomic E-state index is 5.78. The molecule has 0 unspecified atom stereocenters. The first-order valence-corrected chi connectivity index (χ1v) is 5.44. The van der Waals surface area contributed by atoms with E-state index in [1.165, 1.54) is 0 Å². The second kappa shape index (κ2) is 5.27. The number of nitrogens with zero attached hydrogens (tertiary/aromatic N) is 1. The molecule has 1 aromatic heterocycles. The summed E-state index contributed by atoms with van der Waals surface area (Å²) in [5.74, 6) is 1.88. The van der Waals surface area contributed by atoms with Gasteiger partial charge in [0.05, 0.1) is 25.6 Å². The van der Waals surface area contributed by atoms with Crippen LogP contribution in [0.3, 0.4) is 0 Å². The predicted molar refractivity (Wildman–Crippen MR) is 71.5 cm³/mol. The number of anilines is 3. The summed E-state index contributed by atoms with van der Waals surface area (Å²) in [6, 6.07) is 9.15. The second-order valence-corrected chi connectivity index (χ2v) is 3.63. The van der Waals surface area contributed by atoms with Crippen molar-refractivity contribution in [3.8, 4) is 11.5 Å². The first kappa shape index (κ1) is 12.0. The van der Waals surface area contributed by atoms with Crippen LogP contribution in [0.25, 0.3) is 0 Å². The van der Waals surface area contributed by atoms with E-state index in [0.717, 1.165) is 17.1 Å². The van der Waals surface area contributed by atoms with Gasteiger partial charge in [0, 0.05) is 12.3 Å². The van der Waals surface area contributed by atoms with Crippen LogP contribution in [-0.4, -0.2) is 19.2 Å². The molecule has 0 saturated heterocycles. The topological polar surface area (TPSA) is 69.4 Å². The summed E-state index contributed by atoms with van der Waals surface area (Å²) in [4.78, 5) is 4.02. The van der Waals surface area contributed by atoms with E-state index in [0.29, 0.717) is 11.6 Å². The standard InChI is InChI=1S/C13H15N3O2/c1-17-9-5-6-12(18-2)11(8-9)16-10-4-3-7-15-13(10)14/h3-8,16H,1-2H3,(H2,14,15). The molecule has 0 aliphatic rings. The number of rotatable bonds is 4. The summed E-state index contributed by atoms with van der Waals surface area (Å²) in [5, 5.41) is 3.17. The highest BCUT2D eigenvalue weighted by Crippen LogP contribution is 2.32. The van der Waals surface area contributed by atoms with Crippen molar-refractivity contribution in [3.63, 3.8) is 0 Å². The van der Waals surface area contributed by atoms with Gasteiger partial charge in [-0.1, -0.05) is 0 Å². The highest BCUT2D eigenvalue weighted by atomic mass is 16.5. The summed E-state index contributed by atoms with van der Waals surface area (Å²) >= 11 is 0. The molecule has 0 atom stereocenters. The van der Waals surface area contributed by atoms with Crippen LogP contribution in [0, 0.1) is 0 Å². The lowest BCUT2D eigenvalue weighted by Crippen LogP contribution is -2.00. The van der Waals surface area contributed by atoms with Crippen molar-refractivity contribution in [1.29, 1.82) is 0 Å². The SMILES string of the molecule is COc1ccc(OC)c(Nc2cccnc2N)c1. The highest BCUT2D eigenvalue weighted by molar-refractivity contribution is 5.73. The van der Waals surface area contributed by atoms with E-state index in [1.807, 2.05) is 30.3 Å². The fourth-order valence-electron chi connectivity index (χ4n) is 1.58. The van der Waals surface area contributed by atoms with E-state index in [4.69, 9.17) is 15.2 Å². The van der Waals surface area contributed by atoms with Gasteiger partial charge in [0.2, 0.25) is 0 Å². The van der Waals surface area contributed by atoms with E-state index in [1.54, 1.807) is 20.4 Å². The van der Waals surface area contributed by atoms with Gasteiger partial charge in [-0.25, -0.2) is 4.98 Å². The van der Waals surface area contributed by atoms with Gasteiger partial charge in [-0.15, -0.1) is 0 Å². The molecule has 5 nitrogen and oxygen atoms in total. The molecule has 2 aromatic rings. The molecule has 0 saturated carbocycles. The Morgan fingerprint density at radius 3 is 2.61 bits per heavy atom. The van der Waals surface area contributed by atoms with Gasteiger partial charge in [0.15, 0.2) is 0 Å². The quantitative estimate of drug-likeness (QED) is 0.865. The van der Waals surface area contributed by atoms with Crippen LogP contribution in [0.5, 0.6) is 11.5 Å². The Hall–Kier alpha value is -2.43. The number of aromatic nitrogens is 1. The van der Waals surface area contributed by atoms with Crippen molar-refractivity contribution in [2.75, 3.05) is 25.3 Å². The normalized spacial score (nSPS) is 9.89. The fraction of sp³-hybridized carbons (Fsp3) is 0.154. The third-order valence-corrected chi connectivity index (χ3v) is 2.51. The molecular weight excluding hydrogens is 230 g/mol. The molecule has 0 aliphatic heterocycles. The minimum atomic E-state index is 0.433. The number of benzene rings is 1. The Morgan fingerprint density at radius 2 is 1.94 bits per heavy atom. The average molecular weight is 245 g/mol. The largest absolute Gasteiger partial charge is 0.497 e. The molecule has 0 fully saturated rings. The highest BCUT2D eigenvalue weighted by Gasteiger charge is 2.07. The number of pyridine rings is 1. The Morgan fingerprint density at radius 1 is 1.11 bits per heavy atom. The molecule has 18 heavy (non-hydrogen) atoms. The van der Waals surface area contributed by atoms with E-state index in [9.17, 15) is 0 Å². The zero-order valence-corrected chi connectivity index (χ0v) is 10.3. The number of nitrogens with one attached hydrogen (secondary N) is 1. The van der Waals surface area contributed by atoms with Crippen molar-refractivity contribution in [3.05, 3.63) is 36.5 Å². The summed E-state index contributed by atoms with van der Waals surface area (Å²) in [7, 11) is 3.23. The molecule has 5 heteroatoms. The van der Waals surface area contributed by atoms with Crippen LogP contribution in [-0.2, 0) is 0 Å². The molecule has 0 aliphatic carbocycles. The molecule has 3 N–H and O–H groups in total. The van der Waals surface area contributed by atoms with Crippen molar-refractivity contribution in [2.24, 2.45) is 0 Å². The van der Waals surface area contributed by atoms with Crippen LogP contribution in [0.4, 0.5) is 17.2 Å². The molecule has 94 valence electrons. The number of nitrogens with two attached hydrogens (primary N) is 1. The van der Waals surface area contributed by atoms with Crippen LogP contribution in [0.15, 0.2) is 36.5 Å². The number of methoxy groups -OCH3 is 2. The monoisotopic (exact) mass is 245 g/mol. The van der Waals surface area contributed by atoms with Crippen molar-refractivity contribution < 1.29 is 9.47 Å². The van der Waals surface area contributed by atoms with E-state index in [2.05, 4.69) is 10.3 Å². The Kier molecular flexibility index (Phi) is 3.52. The summed E-state index contributed by atoms with van der Waals surface area (Å²) in [6.07, 6.45) is 1.64. The minimum Gasteiger partial charge on any atom is -0.497 e. The first-order valence-electron chi connectivity index (χ1n) is 5.44. The Labute approximate surface area is 106 Å². The van der Waals surface area contributed by atoms with Crippen LogP contribution < -0.4 is 20.5 Å². The third kappa shape index (κ3) is 2.45. The minimum absolute atomic E-state index is 0.433. The first-order chi connectivity index (χ1) is 8.74. The van der Waals surface area contributed by atoms with Gasteiger partial charge in [-0.2, -0.15) is 0 Å². The predicted octanol–water partition coefficient (Wildman–Crippen LogP) is 2.42. The van der Waals surface area contributed by atoms with Gasteiger partial charge in [-0.05, 0) is 24.3 Å². The summed E-state index contributed by atoms with van der Waals surface area (Å²) in [6.45, 7) is 0. The molecular formula is C13H15N3O2.